The van der Waals surface area contributed by atoms with Crippen LogP contribution in [0.15, 0.2) is 17.1 Å². The van der Waals surface area contributed by atoms with Gasteiger partial charge < -0.3 is 9.15 Å². The van der Waals surface area contributed by atoms with E-state index in [-0.39, 0.29) is 0 Å². The van der Waals surface area contributed by atoms with Crippen LogP contribution in [0.25, 0.3) is 0 Å². The lowest BCUT2D eigenvalue weighted by Gasteiger charge is -2.32. The first-order chi connectivity index (χ1) is 6.36. The molecule has 1 aliphatic heterocycles. The standard InChI is InChI=1S/C9H14N2O2/c1-8-5-12-3-2-11(8)4-9-6-13-7-10-9/h6-8H,2-5H2,1H3/t8-/m1/s1. The van der Waals surface area contributed by atoms with Gasteiger partial charge in [-0.1, -0.05) is 0 Å². The van der Waals surface area contributed by atoms with E-state index >= 15 is 0 Å². The quantitative estimate of drug-likeness (QED) is 0.681. The predicted molar refractivity (Wildman–Crippen MR) is 47.2 cm³/mol. The van der Waals surface area contributed by atoms with Gasteiger partial charge >= 0.3 is 0 Å². The molecule has 1 aromatic rings. The van der Waals surface area contributed by atoms with Gasteiger partial charge in [-0.2, -0.15) is 0 Å². The van der Waals surface area contributed by atoms with Crippen molar-refractivity contribution in [3.8, 4) is 0 Å². The number of hydrogen-bond acceptors (Lipinski definition) is 4. The fourth-order valence-corrected chi connectivity index (χ4v) is 1.52. The number of morpholine rings is 1. The van der Waals surface area contributed by atoms with Gasteiger partial charge in [0.15, 0.2) is 6.39 Å². The molecule has 1 fully saturated rings. The van der Waals surface area contributed by atoms with Crippen LogP contribution < -0.4 is 0 Å². The monoisotopic (exact) mass is 182 g/mol. The van der Waals surface area contributed by atoms with Gasteiger partial charge in [-0.25, -0.2) is 4.98 Å². The summed E-state index contributed by atoms with van der Waals surface area (Å²) < 4.78 is 10.3. The van der Waals surface area contributed by atoms with Crippen molar-refractivity contribution in [2.45, 2.75) is 19.5 Å². The van der Waals surface area contributed by atoms with Crippen molar-refractivity contribution in [2.75, 3.05) is 19.8 Å². The minimum atomic E-state index is 0.477. The van der Waals surface area contributed by atoms with Crippen LogP contribution in [-0.4, -0.2) is 35.7 Å². The Morgan fingerprint density at radius 3 is 3.31 bits per heavy atom. The molecular weight excluding hydrogens is 168 g/mol. The molecule has 4 nitrogen and oxygen atoms in total. The molecule has 1 aliphatic rings. The van der Waals surface area contributed by atoms with E-state index in [1.54, 1.807) is 6.26 Å². The van der Waals surface area contributed by atoms with E-state index in [4.69, 9.17) is 9.15 Å². The third kappa shape index (κ3) is 2.08. The summed E-state index contributed by atoms with van der Waals surface area (Å²) in [6.45, 7) is 5.65. The zero-order valence-corrected chi connectivity index (χ0v) is 7.77. The van der Waals surface area contributed by atoms with Crippen LogP contribution in [0, 0.1) is 0 Å². The van der Waals surface area contributed by atoms with Crippen molar-refractivity contribution in [1.29, 1.82) is 0 Å². The van der Waals surface area contributed by atoms with Crippen molar-refractivity contribution >= 4 is 0 Å². The molecule has 1 aromatic heterocycles. The molecule has 0 radical (unpaired) electrons. The maximum Gasteiger partial charge on any atom is 0.180 e. The lowest BCUT2D eigenvalue weighted by Crippen LogP contribution is -2.42. The summed E-state index contributed by atoms with van der Waals surface area (Å²) in [7, 11) is 0. The lowest BCUT2D eigenvalue weighted by molar-refractivity contribution is -0.00491. The molecule has 0 amide bonds. The first-order valence-corrected chi connectivity index (χ1v) is 4.55. The van der Waals surface area contributed by atoms with Gasteiger partial charge in [0.25, 0.3) is 0 Å². The molecule has 1 atom stereocenters. The fraction of sp³-hybridized carbons (Fsp3) is 0.667. The Morgan fingerprint density at radius 1 is 1.69 bits per heavy atom. The fourth-order valence-electron chi connectivity index (χ4n) is 1.52. The van der Waals surface area contributed by atoms with Gasteiger partial charge in [0.05, 0.1) is 18.9 Å². The summed E-state index contributed by atoms with van der Waals surface area (Å²) >= 11 is 0. The van der Waals surface area contributed by atoms with E-state index in [1.807, 2.05) is 0 Å². The third-order valence-corrected chi connectivity index (χ3v) is 2.35. The smallest absolute Gasteiger partial charge is 0.180 e. The topological polar surface area (TPSA) is 38.5 Å². The summed E-state index contributed by atoms with van der Waals surface area (Å²) in [4.78, 5) is 6.44. The van der Waals surface area contributed by atoms with Crippen LogP contribution in [0.2, 0.25) is 0 Å². The van der Waals surface area contributed by atoms with E-state index in [1.165, 1.54) is 6.39 Å². The number of nitrogens with zero attached hydrogens (tertiary/aromatic N) is 2. The highest BCUT2D eigenvalue weighted by molar-refractivity contribution is 4.91. The summed E-state index contributed by atoms with van der Waals surface area (Å²) in [5, 5.41) is 0. The van der Waals surface area contributed by atoms with E-state index in [9.17, 15) is 0 Å². The molecule has 0 aromatic carbocycles. The normalized spacial score (nSPS) is 24.8. The Labute approximate surface area is 77.5 Å². The molecule has 2 rings (SSSR count). The van der Waals surface area contributed by atoms with Crippen LogP contribution in [0.3, 0.4) is 0 Å². The van der Waals surface area contributed by atoms with Crippen molar-refractivity contribution < 1.29 is 9.15 Å². The molecule has 4 heteroatoms. The number of ether oxygens (including phenoxy) is 1. The highest BCUT2D eigenvalue weighted by Gasteiger charge is 2.19. The molecule has 0 bridgehead atoms. The van der Waals surface area contributed by atoms with Crippen molar-refractivity contribution in [2.24, 2.45) is 0 Å². The molecule has 0 aliphatic carbocycles. The van der Waals surface area contributed by atoms with E-state index < -0.39 is 0 Å². The Balaban J connectivity index is 1.93. The first kappa shape index (κ1) is 8.72. The molecule has 13 heavy (non-hydrogen) atoms. The Morgan fingerprint density at radius 2 is 2.62 bits per heavy atom. The summed E-state index contributed by atoms with van der Waals surface area (Å²) in [5.41, 5.74) is 0.994. The van der Waals surface area contributed by atoms with E-state index in [0.717, 1.165) is 32.0 Å². The molecule has 72 valence electrons. The molecule has 2 heterocycles. The molecule has 1 saturated heterocycles. The second-order valence-electron chi connectivity index (χ2n) is 3.37. The molecule has 0 spiro atoms. The Kier molecular flexibility index (Phi) is 2.61. The van der Waals surface area contributed by atoms with Gasteiger partial charge in [0, 0.05) is 19.1 Å². The van der Waals surface area contributed by atoms with Crippen LogP contribution >= 0.6 is 0 Å². The minimum Gasteiger partial charge on any atom is -0.451 e. The Bertz CT molecular complexity index is 248. The molecule has 0 N–H and O–H groups in total. The van der Waals surface area contributed by atoms with Gasteiger partial charge in [-0.05, 0) is 6.92 Å². The number of hydrogen-bond donors (Lipinski definition) is 0. The van der Waals surface area contributed by atoms with Crippen LogP contribution in [0.1, 0.15) is 12.6 Å². The zero-order valence-electron chi connectivity index (χ0n) is 7.77. The van der Waals surface area contributed by atoms with E-state index in [2.05, 4.69) is 16.8 Å². The van der Waals surface area contributed by atoms with Crippen molar-refractivity contribution in [3.63, 3.8) is 0 Å². The zero-order chi connectivity index (χ0) is 9.10. The third-order valence-electron chi connectivity index (χ3n) is 2.35. The number of rotatable bonds is 2. The summed E-state index contributed by atoms with van der Waals surface area (Å²) in [6.07, 6.45) is 3.17. The SMILES string of the molecule is C[C@@H]1COCCN1Cc1cocn1. The second-order valence-corrected chi connectivity index (χ2v) is 3.37. The van der Waals surface area contributed by atoms with E-state index in [0.29, 0.717) is 6.04 Å². The minimum absolute atomic E-state index is 0.477. The average molecular weight is 182 g/mol. The van der Waals surface area contributed by atoms with Crippen LogP contribution in [-0.2, 0) is 11.3 Å². The summed E-state index contributed by atoms with van der Waals surface area (Å²) in [6, 6.07) is 0.477. The second kappa shape index (κ2) is 3.89. The molecular formula is C9H14N2O2. The van der Waals surface area contributed by atoms with Gasteiger partial charge in [0.1, 0.15) is 6.26 Å². The molecule has 0 unspecified atom stereocenters. The Hall–Kier alpha value is -0.870. The van der Waals surface area contributed by atoms with Gasteiger partial charge in [-0.15, -0.1) is 0 Å². The first-order valence-electron chi connectivity index (χ1n) is 4.55. The lowest BCUT2D eigenvalue weighted by atomic mass is 10.2. The van der Waals surface area contributed by atoms with Crippen LogP contribution in [0.4, 0.5) is 0 Å². The van der Waals surface area contributed by atoms with Crippen molar-refractivity contribution in [1.82, 2.24) is 9.88 Å². The maximum atomic E-state index is 5.35. The number of oxazole rings is 1. The van der Waals surface area contributed by atoms with Crippen LogP contribution in [0.5, 0.6) is 0 Å². The van der Waals surface area contributed by atoms with Crippen molar-refractivity contribution in [3.05, 3.63) is 18.4 Å². The van der Waals surface area contributed by atoms with Gasteiger partial charge in [-0.3, -0.25) is 4.90 Å². The maximum absolute atomic E-state index is 5.35. The summed E-state index contributed by atoms with van der Waals surface area (Å²) in [5.74, 6) is 0. The van der Waals surface area contributed by atoms with Gasteiger partial charge in [0.2, 0.25) is 0 Å². The predicted octanol–water partition coefficient (Wildman–Crippen LogP) is 0.895. The average Bonchev–Trinajstić information content (AvgIpc) is 2.61. The highest BCUT2D eigenvalue weighted by atomic mass is 16.5. The highest BCUT2D eigenvalue weighted by Crippen LogP contribution is 2.10. The number of aromatic nitrogens is 1. The molecule has 0 saturated carbocycles. The largest absolute Gasteiger partial charge is 0.451 e.